The summed E-state index contributed by atoms with van der Waals surface area (Å²) < 4.78 is 4.27. The van der Waals surface area contributed by atoms with Crippen molar-refractivity contribution in [2.24, 2.45) is 13.0 Å². The molecule has 5 rings (SSSR count). The maximum Gasteiger partial charge on any atom is 0.172 e. The molecule has 2 aromatic heterocycles. The van der Waals surface area contributed by atoms with Gasteiger partial charge in [-0.2, -0.15) is 0 Å². The lowest BCUT2D eigenvalue weighted by atomic mass is 9.89. The van der Waals surface area contributed by atoms with Crippen LogP contribution in [0.5, 0.6) is 0 Å². The van der Waals surface area contributed by atoms with Gasteiger partial charge in [0.25, 0.3) is 0 Å². The summed E-state index contributed by atoms with van der Waals surface area (Å²) >= 11 is 1.82. The number of carbonyl (C=O) groups excluding carboxylic acids is 1. The lowest BCUT2D eigenvalue weighted by Crippen LogP contribution is -2.29. The van der Waals surface area contributed by atoms with E-state index in [1.807, 2.05) is 37.0 Å². The first-order valence-electron chi connectivity index (χ1n) is 9.87. The number of benzene rings is 2. The predicted octanol–water partition coefficient (Wildman–Crippen LogP) is 5.34. The van der Waals surface area contributed by atoms with Gasteiger partial charge in [0.15, 0.2) is 5.78 Å². The number of aryl methyl sites for hydroxylation is 3. The zero-order chi connectivity index (χ0) is 20.1. The molecule has 4 nitrogen and oxygen atoms in total. The van der Waals surface area contributed by atoms with Gasteiger partial charge >= 0.3 is 0 Å². The van der Waals surface area contributed by atoms with Gasteiger partial charge in [0, 0.05) is 42.1 Å². The molecule has 0 fully saturated rings. The molecule has 2 aromatic carbocycles. The van der Waals surface area contributed by atoms with Crippen molar-refractivity contribution in [1.82, 2.24) is 14.1 Å². The lowest BCUT2D eigenvalue weighted by Gasteiger charge is -2.31. The lowest BCUT2D eigenvalue weighted by molar-refractivity contribution is 0.0897. The van der Waals surface area contributed by atoms with Gasteiger partial charge in [-0.05, 0) is 25.5 Å². The van der Waals surface area contributed by atoms with E-state index in [2.05, 4.69) is 64.5 Å². The SMILES string of the molecule is Cc1ccc(C2Sc3c(c4ccccc4n3C)C(=O)C2Cn2ccnc2C)cc1. The summed E-state index contributed by atoms with van der Waals surface area (Å²) in [4.78, 5) is 18.2. The molecule has 0 aliphatic carbocycles. The topological polar surface area (TPSA) is 39.8 Å². The molecule has 0 spiro atoms. The molecule has 0 radical (unpaired) electrons. The van der Waals surface area contributed by atoms with Crippen LogP contribution in [0.4, 0.5) is 0 Å². The fraction of sp³-hybridized carbons (Fsp3) is 0.250. The maximum atomic E-state index is 13.9. The van der Waals surface area contributed by atoms with Gasteiger partial charge in [0.05, 0.1) is 16.5 Å². The minimum absolute atomic E-state index is 0.0698. The van der Waals surface area contributed by atoms with E-state index < -0.39 is 0 Å². The summed E-state index contributed by atoms with van der Waals surface area (Å²) in [6.45, 7) is 4.72. The summed E-state index contributed by atoms with van der Waals surface area (Å²) in [7, 11) is 2.06. The highest BCUT2D eigenvalue weighted by Crippen LogP contribution is 2.51. The van der Waals surface area contributed by atoms with Crippen molar-refractivity contribution in [2.45, 2.75) is 30.7 Å². The normalized spacial score (nSPS) is 18.9. The Morgan fingerprint density at radius 3 is 2.55 bits per heavy atom. The van der Waals surface area contributed by atoms with Crippen LogP contribution in [0.3, 0.4) is 0 Å². The molecule has 146 valence electrons. The second kappa shape index (κ2) is 6.92. The highest BCUT2D eigenvalue weighted by molar-refractivity contribution is 7.99. The highest BCUT2D eigenvalue weighted by Gasteiger charge is 2.40. The van der Waals surface area contributed by atoms with Gasteiger partial charge in [-0.25, -0.2) is 4.98 Å². The number of fused-ring (bicyclic) bond motifs is 3. The number of hydrogen-bond acceptors (Lipinski definition) is 3. The molecular formula is C24H23N3OS. The van der Waals surface area contributed by atoms with E-state index >= 15 is 0 Å². The second-order valence-electron chi connectivity index (χ2n) is 7.80. The molecule has 0 N–H and O–H groups in total. The van der Waals surface area contributed by atoms with E-state index in [0.717, 1.165) is 27.3 Å². The zero-order valence-electron chi connectivity index (χ0n) is 16.8. The van der Waals surface area contributed by atoms with Gasteiger partial charge in [-0.1, -0.05) is 59.8 Å². The molecule has 1 aliphatic rings. The van der Waals surface area contributed by atoms with Crippen LogP contribution < -0.4 is 0 Å². The minimum Gasteiger partial charge on any atom is -0.338 e. The Kier molecular flexibility index (Phi) is 4.36. The number of thioether (sulfide) groups is 1. The van der Waals surface area contributed by atoms with Crippen molar-refractivity contribution in [2.75, 3.05) is 0 Å². The van der Waals surface area contributed by atoms with E-state index in [1.54, 1.807) is 6.20 Å². The number of aromatic nitrogens is 3. The number of imidazole rings is 1. The molecule has 29 heavy (non-hydrogen) atoms. The van der Waals surface area contributed by atoms with Gasteiger partial charge in [0.1, 0.15) is 5.82 Å². The van der Waals surface area contributed by atoms with Crippen LogP contribution in [-0.2, 0) is 13.6 Å². The number of ketones is 1. The Morgan fingerprint density at radius 1 is 1.07 bits per heavy atom. The summed E-state index contributed by atoms with van der Waals surface area (Å²) in [5.74, 6) is 1.03. The monoisotopic (exact) mass is 401 g/mol. The molecular weight excluding hydrogens is 378 g/mol. The molecule has 0 amide bonds. The van der Waals surface area contributed by atoms with Crippen LogP contribution in [0, 0.1) is 19.8 Å². The molecule has 0 saturated carbocycles. The average Bonchev–Trinajstić information content (AvgIpc) is 3.26. The molecule has 2 atom stereocenters. The van der Waals surface area contributed by atoms with Crippen LogP contribution >= 0.6 is 11.8 Å². The van der Waals surface area contributed by atoms with Crippen LogP contribution in [0.25, 0.3) is 10.9 Å². The molecule has 2 unspecified atom stereocenters. The van der Waals surface area contributed by atoms with E-state index in [-0.39, 0.29) is 17.0 Å². The van der Waals surface area contributed by atoms with Crippen molar-refractivity contribution in [1.29, 1.82) is 0 Å². The van der Waals surface area contributed by atoms with E-state index in [1.165, 1.54) is 11.1 Å². The number of carbonyl (C=O) groups is 1. The largest absolute Gasteiger partial charge is 0.338 e. The van der Waals surface area contributed by atoms with Crippen molar-refractivity contribution in [3.05, 3.63) is 83.4 Å². The van der Waals surface area contributed by atoms with Crippen LogP contribution in [0.15, 0.2) is 66.0 Å². The van der Waals surface area contributed by atoms with Crippen molar-refractivity contribution < 1.29 is 4.79 Å². The fourth-order valence-electron chi connectivity index (χ4n) is 4.31. The van der Waals surface area contributed by atoms with Gasteiger partial charge < -0.3 is 9.13 Å². The predicted molar refractivity (Wildman–Crippen MR) is 117 cm³/mol. The first-order valence-corrected chi connectivity index (χ1v) is 10.7. The zero-order valence-corrected chi connectivity index (χ0v) is 17.6. The molecule has 4 aromatic rings. The molecule has 0 saturated heterocycles. The quantitative estimate of drug-likeness (QED) is 0.465. The fourth-order valence-corrected chi connectivity index (χ4v) is 5.81. The second-order valence-corrected chi connectivity index (χ2v) is 8.93. The Labute approximate surface area is 174 Å². The van der Waals surface area contributed by atoms with Crippen molar-refractivity contribution in [3.8, 4) is 0 Å². The van der Waals surface area contributed by atoms with Gasteiger partial charge in [0.2, 0.25) is 0 Å². The van der Waals surface area contributed by atoms with Crippen LogP contribution in [-0.4, -0.2) is 19.9 Å². The van der Waals surface area contributed by atoms with Crippen LogP contribution in [0.1, 0.15) is 32.6 Å². The maximum absolute atomic E-state index is 13.9. The molecule has 3 heterocycles. The number of hydrogen-bond donors (Lipinski definition) is 0. The van der Waals surface area contributed by atoms with E-state index in [0.29, 0.717) is 6.54 Å². The third-order valence-corrected chi connectivity index (χ3v) is 7.52. The summed E-state index contributed by atoms with van der Waals surface area (Å²) in [5, 5.41) is 2.19. The van der Waals surface area contributed by atoms with Gasteiger partial charge in [-0.15, -0.1) is 0 Å². The summed E-state index contributed by atoms with van der Waals surface area (Å²) in [6, 6.07) is 16.8. The van der Waals surface area contributed by atoms with E-state index in [4.69, 9.17) is 0 Å². The van der Waals surface area contributed by atoms with Crippen molar-refractivity contribution in [3.63, 3.8) is 0 Å². The Hall–Kier alpha value is -2.79. The highest BCUT2D eigenvalue weighted by atomic mass is 32.2. The average molecular weight is 402 g/mol. The third kappa shape index (κ3) is 2.92. The number of rotatable bonds is 3. The first kappa shape index (κ1) is 18.3. The summed E-state index contributed by atoms with van der Waals surface area (Å²) in [5.41, 5.74) is 4.42. The molecule has 5 heteroatoms. The summed E-state index contributed by atoms with van der Waals surface area (Å²) in [6.07, 6.45) is 3.78. The number of nitrogens with zero attached hydrogens (tertiary/aromatic N) is 3. The Bertz CT molecular complexity index is 1220. The van der Waals surface area contributed by atoms with E-state index in [9.17, 15) is 4.79 Å². The first-order chi connectivity index (χ1) is 14.0. The Morgan fingerprint density at radius 2 is 1.83 bits per heavy atom. The smallest absolute Gasteiger partial charge is 0.172 e. The Balaban J connectivity index is 1.67. The number of para-hydroxylation sites is 1. The van der Waals surface area contributed by atoms with Crippen LogP contribution in [0.2, 0.25) is 0 Å². The standard InChI is InChI=1S/C24H23N3OS/c1-15-8-10-17(11-9-15)23-19(14-27-13-12-25-16(27)2)22(28)21-18-6-4-5-7-20(18)26(3)24(21)29-23/h4-13,19,23H,14H2,1-3H3. The number of Topliss-reactive ketones (excluding diaryl/α,β-unsaturated/α-hetero) is 1. The molecule has 1 aliphatic heterocycles. The van der Waals surface area contributed by atoms with Crippen molar-refractivity contribution >= 4 is 28.4 Å². The molecule has 0 bridgehead atoms. The minimum atomic E-state index is -0.145. The van der Waals surface area contributed by atoms with Gasteiger partial charge in [-0.3, -0.25) is 4.79 Å². The third-order valence-electron chi connectivity index (χ3n) is 5.96.